The van der Waals surface area contributed by atoms with Crippen molar-refractivity contribution in [1.82, 2.24) is 9.80 Å². The standard InChI is InChI=1S/C23H25ClFN3O5/c1-14-11-27(15(2)10-26(14)12-17-4-6-19(25)7-5-17)22(30)13-33-23-20(16(3)29)8-18(24)9-21(23)28(31)32/h4-9,14-15H,10-13H2,1-3H3. The zero-order valence-electron chi connectivity index (χ0n) is 18.6. The number of ketones is 1. The lowest BCUT2D eigenvalue weighted by Crippen LogP contribution is -2.58. The number of ether oxygens (including phenoxy) is 1. The number of carbonyl (C=O) groups is 2. The number of halogens is 2. The highest BCUT2D eigenvalue weighted by Crippen LogP contribution is 2.35. The third-order valence-corrected chi connectivity index (χ3v) is 5.90. The second kappa shape index (κ2) is 10.3. The van der Waals surface area contributed by atoms with Crippen molar-refractivity contribution in [1.29, 1.82) is 0 Å². The molecular formula is C23H25ClFN3O5. The molecule has 0 N–H and O–H groups in total. The first-order valence-electron chi connectivity index (χ1n) is 10.5. The Balaban J connectivity index is 1.69. The molecule has 0 bridgehead atoms. The van der Waals surface area contributed by atoms with Gasteiger partial charge in [-0.25, -0.2) is 4.39 Å². The molecule has 10 heteroatoms. The minimum Gasteiger partial charge on any atom is -0.476 e. The number of hydrogen-bond acceptors (Lipinski definition) is 6. The quantitative estimate of drug-likeness (QED) is 0.339. The molecule has 0 saturated carbocycles. The molecule has 1 aliphatic heterocycles. The summed E-state index contributed by atoms with van der Waals surface area (Å²) < 4.78 is 18.7. The lowest BCUT2D eigenvalue weighted by Gasteiger charge is -2.44. The van der Waals surface area contributed by atoms with Gasteiger partial charge in [0, 0.05) is 42.8 Å². The summed E-state index contributed by atoms with van der Waals surface area (Å²) in [7, 11) is 0. The fourth-order valence-corrected chi connectivity index (χ4v) is 4.15. The van der Waals surface area contributed by atoms with E-state index in [1.165, 1.54) is 25.1 Å². The van der Waals surface area contributed by atoms with E-state index in [0.29, 0.717) is 19.6 Å². The van der Waals surface area contributed by atoms with Crippen molar-refractivity contribution in [2.75, 3.05) is 19.7 Å². The lowest BCUT2D eigenvalue weighted by molar-refractivity contribution is -0.385. The molecule has 1 fully saturated rings. The smallest absolute Gasteiger partial charge is 0.313 e. The van der Waals surface area contributed by atoms with E-state index in [4.69, 9.17) is 16.3 Å². The molecule has 2 unspecified atom stereocenters. The molecule has 3 rings (SSSR count). The molecule has 2 aromatic rings. The van der Waals surface area contributed by atoms with Gasteiger partial charge in [0.1, 0.15) is 5.82 Å². The first-order valence-corrected chi connectivity index (χ1v) is 10.8. The number of carbonyl (C=O) groups excluding carboxylic acids is 2. The molecule has 0 aliphatic carbocycles. The van der Waals surface area contributed by atoms with Gasteiger partial charge < -0.3 is 9.64 Å². The summed E-state index contributed by atoms with van der Waals surface area (Å²) in [5, 5.41) is 11.5. The van der Waals surface area contributed by atoms with E-state index in [2.05, 4.69) is 4.90 Å². The summed E-state index contributed by atoms with van der Waals surface area (Å²) in [5.41, 5.74) is 0.462. The highest BCUT2D eigenvalue weighted by Gasteiger charge is 2.33. The summed E-state index contributed by atoms with van der Waals surface area (Å²) in [5.74, 6) is -1.35. The predicted molar refractivity (Wildman–Crippen MR) is 121 cm³/mol. The Hall–Kier alpha value is -3.04. The first-order chi connectivity index (χ1) is 15.6. The Kier molecular flexibility index (Phi) is 7.65. The monoisotopic (exact) mass is 477 g/mol. The van der Waals surface area contributed by atoms with Crippen LogP contribution in [0.4, 0.5) is 10.1 Å². The van der Waals surface area contributed by atoms with Crippen LogP contribution in [0.3, 0.4) is 0 Å². The van der Waals surface area contributed by atoms with E-state index in [9.17, 15) is 24.1 Å². The van der Waals surface area contributed by atoms with Crippen molar-refractivity contribution in [2.24, 2.45) is 0 Å². The van der Waals surface area contributed by atoms with Crippen LogP contribution in [0, 0.1) is 15.9 Å². The zero-order chi connectivity index (χ0) is 24.3. The van der Waals surface area contributed by atoms with Crippen LogP contribution < -0.4 is 4.74 Å². The highest BCUT2D eigenvalue weighted by molar-refractivity contribution is 6.31. The van der Waals surface area contributed by atoms with Crippen LogP contribution in [0.15, 0.2) is 36.4 Å². The zero-order valence-corrected chi connectivity index (χ0v) is 19.3. The minimum absolute atomic E-state index is 0.0327. The molecule has 1 aliphatic rings. The summed E-state index contributed by atoms with van der Waals surface area (Å²) >= 11 is 5.90. The Morgan fingerprint density at radius 2 is 1.85 bits per heavy atom. The van der Waals surface area contributed by atoms with Gasteiger partial charge >= 0.3 is 5.69 Å². The fourth-order valence-electron chi connectivity index (χ4n) is 3.94. The van der Waals surface area contributed by atoms with Crippen molar-refractivity contribution >= 4 is 29.0 Å². The van der Waals surface area contributed by atoms with Gasteiger partial charge in [-0.3, -0.25) is 24.6 Å². The SMILES string of the molecule is CC(=O)c1cc(Cl)cc([N+](=O)[O-])c1OCC(=O)N1CC(C)N(Cc2ccc(F)cc2)CC1C. The average Bonchev–Trinajstić information content (AvgIpc) is 2.75. The number of benzene rings is 2. The Morgan fingerprint density at radius 3 is 2.45 bits per heavy atom. The number of nitro benzene ring substituents is 1. The Morgan fingerprint density at radius 1 is 1.18 bits per heavy atom. The maximum atomic E-state index is 13.2. The van der Waals surface area contributed by atoms with Crippen molar-refractivity contribution in [3.8, 4) is 5.75 Å². The number of nitrogens with zero attached hydrogens (tertiary/aromatic N) is 3. The first kappa shape index (κ1) is 24.6. The number of Topliss-reactive ketones (excluding diaryl/α,β-unsaturated/α-hetero) is 1. The van der Waals surface area contributed by atoms with Crippen molar-refractivity contribution < 1.29 is 23.6 Å². The maximum Gasteiger partial charge on any atom is 0.313 e. The average molecular weight is 478 g/mol. The normalized spacial score (nSPS) is 18.8. The van der Waals surface area contributed by atoms with Gasteiger partial charge in [0.15, 0.2) is 12.4 Å². The van der Waals surface area contributed by atoms with Gasteiger partial charge in [0.05, 0.1) is 10.5 Å². The maximum absolute atomic E-state index is 13.2. The van der Waals surface area contributed by atoms with Gasteiger partial charge in [-0.05, 0) is 44.5 Å². The molecule has 1 heterocycles. The lowest BCUT2D eigenvalue weighted by atomic mass is 10.1. The van der Waals surface area contributed by atoms with Gasteiger partial charge in [0.2, 0.25) is 5.75 Å². The van der Waals surface area contributed by atoms with E-state index in [-0.39, 0.29) is 40.1 Å². The predicted octanol–water partition coefficient (Wildman–Crippen LogP) is 4.09. The molecule has 33 heavy (non-hydrogen) atoms. The molecule has 0 radical (unpaired) electrons. The van der Waals surface area contributed by atoms with Crippen molar-refractivity contribution in [2.45, 2.75) is 39.4 Å². The number of rotatable bonds is 7. The van der Waals surface area contributed by atoms with Crippen LogP contribution in [0.2, 0.25) is 5.02 Å². The van der Waals surface area contributed by atoms with Crippen LogP contribution in [0.25, 0.3) is 0 Å². The van der Waals surface area contributed by atoms with Crippen molar-refractivity contribution in [3.63, 3.8) is 0 Å². The van der Waals surface area contributed by atoms with Crippen LogP contribution >= 0.6 is 11.6 Å². The van der Waals surface area contributed by atoms with Crippen molar-refractivity contribution in [3.05, 3.63) is 68.5 Å². The summed E-state index contributed by atoms with van der Waals surface area (Å²) in [6, 6.07) is 8.60. The van der Waals surface area contributed by atoms with E-state index in [0.717, 1.165) is 11.6 Å². The molecule has 1 amide bonds. The van der Waals surface area contributed by atoms with Gasteiger partial charge in [-0.2, -0.15) is 0 Å². The molecule has 1 saturated heterocycles. The molecular weight excluding hydrogens is 453 g/mol. The second-order valence-electron chi connectivity index (χ2n) is 8.20. The third-order valence-electron chi connectivity index (χ3n) is 5.68. The number of nitro groups is 1. The summed E-state index contributed by atoms with van der Waals surface area (Å²) in [6.07, 6.45) is 0. The van der Waals surface area contributed by atoms with Crippen LogP contribution in [0.5, 0.6) is 5.75 Å². The molecule has 2 atom stereocenters. The molecule has 2 aromatic carbocycles. The largest absolute Gasteiger partial charge is 0.476 e. The Labute approximate surface area is 196 Å². The highest BCUT2D eigenvalue weighted by atomic mass is 35.5. The van der Waals surface area contributed by atoms with Gasteiger partial charge in [0.25, 0.3) is 5.91 Å². The summed E-state index contributed by atoms with van der Waals surface area (Å²) in [6.45, 7) is 6.37. The van der Waals surface area contributed by atoms with E-state index < -0.39 is 23.0 Å². The fraction of sp³-hybridized carbons (Fsp3) is 0.391. The topological polar surface area (TPSA) is 93.0 Å². The van der Waals surface area contributed by atoms with Crippen LogP contribution in [-0.4, -0.2) is 58.2 Å². The second-order valence-corrected chi connectivity index (χ2v) is 8.64. The number of piperazine rings is 1. The molecule has 0 spiro atoms. The molecule has 176 valence electrons. The van der Waals surface area contributed by atoms with Crippen LogP contribution in [-0.2, 0) is 11.3 Å². The molecule has 0 aromatic heterocycles. The van der Waals surface area contributed by atoms with E-state index in [1.807, 2.05) is 13.8 Å². The number of amides is 1. The molecule has 8 nitrogen and oxygen atoms in total. The minimum atomic E-state index is -0.697. The van der Waals surface area contributed by atoms with E-state index >= 15 is 0 Å². The van der Waals surface area contributed by atoms with Crippen LogP contribution in [0.1, 0.15) is 36.7 Å². The van der Waals surface area contributed by atoms with Gasteiger partial charge in [-0.15, -0.1) is 0 Å². The number of hydrogen-bond donors (Lipinski definition) is 0. The summed E-state index contributed by atoms with van der Waals surface area (Å²) in [4.78, 5) is 39.5. The Bertz CT molecular complexity index is 1030. The van der Waals surface area contributed by atoms with Gasteiger partial charge in [-0.1, -0.05) is 23.7 Å². The third kappa shape index (κ3) is 5.85. The van der Waals surface area contributed by atoms with E-state index in [1.54, 1.807) is 17.0 Å².